The van der Waals surface area contributed by atoms with Crippen LogP contribution in [0.2, 0.25) is 0 Å². The Balaban J connectivity index is 0.00000450. The lowest BCUT2D eigenvalue weighted by Crippen LogP contribution is -2.37. The van der Waals surface area contributed by atoms with E-state index in [1.54, 1.807) is 0 Å². The van der Waals surface area contributed by atoms with E-state index in [4.69, 9.17) is 14.5 Å². The van der Waals surface area contributed by atoms with Crippen molar-refractivity contribution in [2.45, 2.75) is 39.8 Å². The van der Waals surface area contributed by atoms with Crippen LogP contribution in [0.5, 0.6) is 0 Å². The minimum Gasteiger partial charge on any atom is -0.379 e. The second-order valence-corrected chi connectivity index (χ2v) is 6.78. The number of halogens is 1. The summed E-state index contributed by atoms with van der Waals surface area (Å²) in [7, 11) is 0. The Hall–Kier alpha value is -1.64. The number of aryl methyl sites for hydroxylation is 1. The average molecular weight is 525 g/mol. The molecule has 2 rings (SSSR count). The minimum atomic E-state index is 0. The van der Waals surface area contributed by atoms with E-state index in [1.807, 2.05) is 6.92 Å². The predicted octanol–water partition coefficient (Wildman–Crippen LogP) is 4.55. The Kier molecular flexibility index (Phi) is 15.0. The van der Waals surface area contributed by atoms with E-state index in [1.165, 1.54) is 11.1 Å². The first-order chi connectivity index (χ1) is 14.3. The Morgan fingerprint density at radius 3 is 2.37 bits per heavy atom. The van der Waals surface area contributed by atoms with E-state index in [0.29, 0.717) is 26.4 Å². The monoisotopic (exact) mass is 525 g/mol. The molecular formula is C24H36IN3O2. The Morgan fingerprint density at radius 1 is 0.867 bits per heavy atom. The summed E-state index contributed by atoms with van der Waals surface area (Å²) in [6, 6.07) is 19.0. The third-order valence-electron chi connectivity index (χ3n) is 4.38. The summed E-state index contributed by atoms with van der Waals surface area (Å²) in [5.41, 5.74) is 3.71. The van der Waals surface area contributed by atoms with Gasteiger partial charge in [0.2, 0.25) is 0 Å². The van der Waals surface area contributed by atoms with Crippen molar-refractivity contribution in [3.05, 3.63) is 71.3 Å². The SMILES string of the molecule is CCNC(=NCc1cccc(COCCOCC)c1)NCCCc1ccccc1.I. The number of hydrogen-bond acceptors (Lipinski definition) is 3. The standard InChI is InChI=1S/C24H35N3O2.HI/c1-3-25-24(26-15-9-14-21-10-6-5-7-11-21)27-19-22-12-8-13-23(18-22)20-29-17-16-28-4-2;/h5-8,10-13,18H,3-4,9,14-17,19-20H2,1-2H3,(H2,25,26,27);1H. The molecule has 2 aromatic rings. The minimum absolute atomic E-state index is 0. The predicted molar refractivity (Wildman–Crippen MR) is 136 cm³/mol. The lowest BCUT2D eigenvalue weighted by atomic mass is 10.1. The number of rotatable bonds is 13. The molecule has 2 aromatic carbocycles. The molecule has 30 heavy (non-hydrogen) atoms. The zero-order chi connectivity index (χ0) is 20.6. The van der Waals surface area contributed by atoms with E-state index >= 15 is 0 Å². The molecule has 0 bridgehead atoms. The molecule has 0 aromatic heterocycles. The van der Waals surface area contributed by atoms with Crippen molar-refractivity contribution in [1.29, 1.82) is 0 Å². The summed E-state index contributed by atoms with van der Waals surface area (Å²) in [5, 5.41) is 6.75. The average Bonchev–Trinajstić information content (AvgIpc) is 2.76. The number of nitrogens with zero attached hydrogens (tertiary/aromatic N) is 1. The van der Waals surface area contributed by atoms with Crippen LogP contribution in [-0.4, -0.2) is 38.9 Å². The molecular weight excluding hydrogens is 489 g/mol. The van der Waals surface area contributed by atoms with Crippen LogP contribution in [0.3, 0.4) is 0 Å². The van der Waals surface area contributed by atoms with E-state index in [2.05, 4.69) is 72.2 Å². The first kappa shape index (κ1) is 26.4. The van der Waals surface area contributed by atoms with Gasteiger partial charge in [-0.3, -0.25) is 0 Å². The molecule has 0 atom stereocenters. The summed E-state index contributed by atoms with van der Waals surface area (Å²) >= 11 is 0. The highest BCUT2D eigenvalue weighted by Gasteiger charge is 2.00. The van der Waals surface area contributed by atoms with Crippen LogP contribution < -0.4 is 10.6 Å². The van der Waals surface area contributed by atoms with Crippen LogP contribution in [-0.2, 0) is 29.0 Å². The fourth-order valence-corrected chi connectivity index (χ4v) is 2.93. The van der Waals surface area contributed by atoms with Crippen LogP contribution in [0.25, 0.3) is 0 Å². The molecule has 0 amide bonds. The van der Waals surface area contributed by atoms with Gasteiger partial charge in [-0.25, -0.2) is 4.99 Å². The molecule has 0 fully saturated rings. The summed E-state index contributed by atoms with van der Waals surface area (Å²) in [6.07, 6.45) is 2.14. The van der Waals surface area contributed by atoms with Crippen molar-refractivity contribution >= 4 is 29.9 Å². The van der Waals surface area contributed by atoms with Gasteiger partial charge in [0.05, 0.1) is 26.4 Å². The van der Waals surface area contributed by atoms with Crippen LogP contribution in [0, 0.1) is 0 Å². The highest BCUT2D eigenvalue weighted by molar-refractivity contribution is 14.0. The lowest BCUT2D eigenvalue weighted by Gasteiger charge is -2.11. The van der Waals surface area contributed by atoms with Crippen molar-refractivity contribution < 1.29 is 9.47 Å². The van der Waals surface area contributed by atoms with Crippen LogP contribution in [0.1, 0.15) is 37.0 Å². The molecule has 0 saturated carbocycles. The third-order valence-corrected chi connectivity index (χ3v) is 4.38. The van der Waals surface area contributed by atoms with Crippen molar-refractivity contribution in [3.8, 4) is 0 Å². The van der Waals surface area contributed by atoms with Gasteiger partial charge in [0.15, 0.2) is 5.96 Å². The van der Waals surface area contributed by atoms with Gasteiger partial charge in [-0.15, -0.1) is 24.0 Å². The molecule has 5 nitrogen and oxygen atoms in total. The number of benzene rings is 2. The Labute approximate surface area is 198 Å². The number of ether oxygens (including phenoxy) is 2. The molecule has 2 N–H and O–H groups in total. The molecule has 0 spiro atoms. The molecule has 0 heterocycles. The normalized spacial score (nSPS) is 11.1. The van der Waals surface area contributed by atoms with Crippen LogP contribution in [0.15, 0.2) is 59.6 Å². The topological polar surface area (TPSA) is 54.9 Å². The number of aliphatic imine (C=N–C) groups is 1. The molecule has 0 aliphatic rings. The lowest BCUT2D eigenvalue weighted by molar-refractivity contribution is 0.0453. The maximum Gasteiger partial charge on any atom is 0.191 e. The molecule has 0 saturated heterocycles. The van der Waals surface area contributed by atoms with Crippen LogP contribution in [0.4, 0.5) is 0 Å². The van der Waals surface area contributed by atoms with Gasteiger partial charge >= 0.3 is 0 Å². The molecule has 0 radical (unpaired) electrons. The van der Waals surface area contributed by atoms with Crippen molar-refractivity contribution in [2.75, 3.05) is 32.9 Å². The molecule has 0 aliphatic carbocycles. The van der Waals surface area contributed by atoms with Crippen LogP contribution >= 0.6 is 24.0 Å². The summed E-state index contributed by atoms with van der Waals surface area (Å²) in [5.74, 6) is 0.860. The van der Waals surface area contributed by atoms with Gasteiger partial charge in [-0.05, 0) is 43.4 Å². The van der Waals surface area contributed by atoms with Gasteiger partial charge < -0.3 is 20.1 Å². The molecule has 0 aliphatic heterocycles. The third kappa shape index (κ3) is 11.5. The second kappa shape index (κ2) is 17.1. The van der Waals surface area contributed by atoms with Crippen molar-refractivity contribution in [1.82, 2.24) is 10.6 Å². The first-order valence-electron chi connectivity index (χ1n) is 10.6. The smallest absolute Gasteiger partial charge is 0.191 e. The van der Waals surface area contributed by atoms with Gasteiger partial charge in [-0.2, -0.15) is 0 Å². The number of hydrogen-bond donors (Lipinski definition) is 2. The molecule has 6 heteroatoms. The van der Waals surface area contributed by atoms with Gasteiger partial charge in [0.25, 0.3) is 0 Å². The van der Waals surface area contributed by atoms with Gasteiger partial charge in [0, 0.05) is 19.7 Å². The fourth-order valence-electron chi connectivity index (χ4n) is 2.93. The first-order valence-corrected chi connectivity index (χ1v) is 10.6. The van der Waals surface area contributed by atoms with E-state index in [9.17, 15) is 0 Å². The van der Waals surface area contributed by atoms with Gasteiger partial charge in [0.1, 0.15) is 0 Å². The highest BCUT2D eigenvalue weighted by atomic mass is 127. The zero-order valence-electron chi connectivity index (χ0n) is 18.2. The summed E-state index contributed by atoms with van der Waals surface area (Å²) < 4.78 is 10.9. The van der Waals surface area contributed by atoms with Gasteiger partial charge in [-0.1, -0.05) is 54.6 Å². The Morgan fingerprint density at radius 2 is 1.60 bits per heavy atom. The summed E-state index contributed by atoms with van der Waals surface area (Å²) in [4.78, 5) is 4.72. The highest BCUT2D eigenvalue weighted by Crippen LogP contribution is 2.08. The van der Waals surface area contributed by atoms with Crippen molar-refractivity contribution in [3.63, 3.8) is 0 Å². The Bertz CT molecular complexity index is 711. The number of guanidine groups is 1. The zero-order valence-corrected chi connectivity index (χ0v) is 20.6. The molecule has 0 unspecified atom stereocenters. The largest absolute Gasteiger partial charge is 0.379 e. The molecule has 166 valence electrons. The maximum absolute atomic E-state index is 5.66. The quantitative estimate of drug-likeness (QED) is 0.175. The summed E-state index contributed by atoms with van der Waals surface area (Å²) in [6.45, 7) is 9.04. The van der Waals surface area contributed by atoms with E-state index < -0.39 is 0 Å². The number of nitrogens with one attached hydrogen (secondary N) is 2. The van der Waals surface area contributed by atoms with Crippen molar-refractivity contribution in [2.24, 2.45) is 4.99 Å². The van der Waals surface area contributed by atoms with E-state index in [0.717, 1.165) is 44.1 Å². The maximum atomic E-state index is 5.66. The second-order valence-electron chi connectivity index (χ2n) is 6.78. The fraction of sp³-hybridized carbons (Fsp3) is 0.458. The van der Waals surface area contributed by atoms with E-state index in [-0.39, 0.29) is 24.0 Å².